The molecule has 0 saturated carbocycles. The maximum Gasteiger partial charge on any atom is 0.320 e. The van der Waals surface area contributed by atoms with Crippen molar-refractivity contribution >= 4 is 41.0 Å². The molecular weight excluding hydrogens is 352 g/mol. The lowest BCUT2D eigenvalue weighted by Gasteiger charge is -2.15. The SMILES string of the molecule is Cl.O=C(O)[C@H]1NCCC1Cc1ccc(I)cc1. The third-order valence-corrected chi connectivity index (χ3v) is 3.75. The van der Waals surface area contributed by atoms with E-state index in [0.29, 0.717) is 0 Å². The molecule has 0 amide bonds. The molecule has 1 fully saturated rings. The second-order valence-corrected chi connectivity index (χ2v) is 5.40. The second-order valence-electron chi connectivity index (χ2n) is 4.15. The maximum atomic E-state index is 11.0. The summed E-state index contributed by atoms with van der Waals surface area (Å²) in [4.78, 5) is 11.0. The first-order valence-corrected chi connectivity index (χ1v) is 6.45. The van der Waals surface area contributed by atoms with E-state index in [1.807, 2.05) is 0 Å². The molecule has 0 aliphatic carbocycles. The molecule has 0 bridgehead atoms. The Morgan fingerprint density at radius 3 is 2.65 bits per heavy atom. The highest BCUT2D eigenvalue weighted by Crippen LogP contribution is 2.21. The summed E-state index contributed by atoms with van der Waals surface area (Å²) in [6.07, 6.45) is 1.80. The number of hydrogen-bond acceptors (Lipinski definition) is 2. The van der Waals surface area contributed by atoms with Gasteiger partial charge >= 0.3 is 5.97 Å². The van der Waals surface area contributed by atoms with Crippen molar-refractivity contribution in [1.29, 1.82) is 0 Å². The van der Waals surface area contributed by atoms with Crippen molar-refractivity contribution in [2.45, 2.75) is 18.9 Å². The molecule has 0 aromatic heterocycles. The van der Waals surface area contributed by atoms with Crippen LogP contribution in [0, 0.1) is 9.49 Å². The van der Waals surface area contributed by atoms with Gasteiger partial charge in [0.05, 0.1) is 0 Å². The summed E-state index contributed by atoms with van der Waals surface area (Å²) >= 11 is 2.27. The number of halogens is 2. The zero-order valence-electron chi connectivity index (χ0n) is 9.23. The standard InChI is InChI=1S/C12H14INO2.ClH/c13-10-3-1-8(2-4-10)7-9-5-6-14-11(9)12(15)16;/h1-4,9,11,14H,5-7H2,(H,15,16);1H/t9?,11-;/m0./s1. The highest BCUT2D eigenvalue weighted by Gasteiger charge is 2.32. The number of rotatable bonds is 3. The molecular formula is C12H15ClINO2. The van der Waals surface area contributed by atoms with Crippen LogP contribution in [0.1, 0.15) is 12.0 Å². The van der Waals surface area contributed by atoms with Crippen LogP contribution in [-0.2, 0) is 11.2 Å². The van der Waals surface area contributed by atoms with Crippen LogP contribution in [0.5, 0.6) is 0 Å². The van der Waals surface area contributed by atoms with Gasteiger partial charge in [-0.15, -0.1) is 12.4 Å². The average Bonchev–Trinajstić information content (AvgIpc) is 2.69. The smallest absolute Gasteiger partial charge is 0.320 e. The molecule has 3 nitrogen and oxygen atoms in total. The van der Waals surface area contributed by atoms with Gasteiger partial charge in [-0.05, 0) is 65.6 Å². The van der Waals surface area contributed by atoms with Crippen molar-refractivity contribution in [1.82, 2.24) is 5.32 Å². The van der Waals surface area contributed by atoms with Crippen molar-refractivity contribution in [2.24, 2.45) is 5.92 Å². The van der Waals surface area contributed by atoms with Gasteiger partial charge < -0.3 is 10.4 Å². The molecule has 2 rings (SSSR count). The molecule has 1 aliphatic rings. The quantitative estimate of drug-likeness (QED) is 0.806. The minimum atomic E-state index is -0.729. The summed E-state index contributed by atoms with van der Waals surface area (Å²) in [6, 6.07) is 7.92. The Labute approximate surface area is 121 Å². The summed E-state index contributed by atoms with van der Waals surface area (Å²) in [6.45, 7) is 0.812. The average molecular weight is 368 g/mol. The number of carbonyl (C=O) groups is 1. The lowest BCUT2D eigenvalue weighted by Crippen LogP contribution is -2.36. The lowest BCUT2D eigenvalue weighted by atomic mass is 9.93. The first-order valence-electron chi connectivity index (χ1n) is 5.37. The number of nitrogens with one attached hydrogen (secondary N) is 1. The topological polar surface area (TPSA) is 49.3 Å². The van der Waals surface area contributed by atoms with E-state index in [9.17, 15) is 4.79 Å². The molecule has 0 spiro atoms. The molecule has 5 heteroatoms. The largest absolute Gasteiger partial charge is 0.480 e. The number of benzene rings is 1. The Balaban J connectivity index is 0.00000144. The van der Waals surface area contributed by atoms with Crippen LogP contribution in [0.2, 0.25) is 0 Å². The van der Waals surface area contributed by atoms with E-state index in [1.165, 1.54) is 9.13 Å². The Morgan fingerprint density at radius 1 is 1.41 bits per heavy atom. The van der Waals surface area contributed by atoms with Crippen LogP contribution in [0.15, 0.2) is 24.3 Å². The third kappa shape index (κ3) is 3.82. The van der Waals surface area contributed by atoms with Crippen molar-refractivity contribution in [2.75, 3.05) is 6.54 Å². The summed E-state index contributed by atoms with van der Waals surface area (Å²) < 4.78 is 1.21. The van der Waals surface area contributed by atoms with Gasteiger partial charge in [0.1, 0.15) is 6.04 Å². The van der Waals surface area contributed by atoms with Crippen LogP contribution in [0.3, 0.4) is 0 Å². The predicted molar refractivity (Wildman–Crippen MR) is 77.6 cm³/mol. The van der Waals surface area contributed by atoms with Crippen molar-refractivity contribution < 1.29 is 9.90 Å². The van der Waals surface area contributed by atoms with E-state index in [1.54, 1.807) is 0 Å². The van der Waals surface area contributed by atoms with Gasteiger partial charge in [-0.1, -0.05) is 12.1 Å². The molecule has 1 unspecified atom stereocenters. The van der Waals surface area contributed by atoms with Crippen molar-refractivity contribution in [3.05, 3.63) is 33.4 Å². The van der Waals surface area contributed by atoms with Crippen LogP contribution in [0.4, 0.5) is 0 Å². The number of carboxylic acids is 1. The molecule has 94 valence electrons. The normalized spacial score (nSPS) is 23.1. The lowest BCUT2D eigenvalue weighted by molar-refractivity contribution is -0.140. The highest BCUT2D eigenvalue weighted by atomic mass is 127. The van der Waals surface area contributed by atoms with Gasteiger partial charge in [0.2, 0.25) is 0 Å². The number of hydrogen-bond donors (Lipinski definition) is 2. The molecule has 17 heavy (non-hydrogen) atoms. The Morgan fingerprint density at radius 2 is 2.06 bits per heavy atom. The van der Waals surface area contributed by atoms with Gasteiger partial charge in [0, 0.05) is 3.57 Å². The molecule has 0 radical (unpaired) electrons. The first kappa shape index (κ1) is 14.7. The zero-order valence-corrected chi connectivity index (χ0v) is 12.2. The molecule has 1 aliphatic heterocycles. The molecule has 2 N–H and O–H groups in total. The van der Waals surface area contributed by atoms with Gasteiger partial charge in [0.15, 0.2) is 0 Å². The Hall–Kier alpha value is -0.330. The van der Waals surface area contributed by atoms with E-state index in [2.05, 4.69) is 52.2 Å². The van der Waals surface area contributed by atoms with E-state index in [4.69, 9.17) is 5.11 Å². The van der Waals surface area contributed by atoms with Gasteiger partial charge in [-0.3, -0.25) is 4.79 Å². The van der Waals surface area contributed by atoms with Crippen LogP contribution < -0.4 is 5.32 Å². The Bertz CT molecular complexity index is 383. The minimum Gasteiger partial charge on any atom is -0.480 e. The second kappa shape index (κ2) is 6.56. The highest BCUT2D eigenvalue weighted by molar-refractivity contribution is 14.1. The fraction of sp³-hybridized carbons (Fsp3) is 0.417. The van der Waals surface area contributed by atoms with E-state index >= 15 is 0 Å². The zero-order chi connectivity index (χ0) is 11.5. The van der Waals surface area contributed by atoms with E-state index < -0.39 is 5.97 Å². The summed E-state index contributed by atoms with van der Waals surface area (Å²) in [5.41, 5.74) is 1.22. The fourth-order valence-corrected chi connectivity index (χ4v) is 2.55. The monoisotopic (exact) mass is 367 g/mol. The van der Waals surface area contributed by atoms with Gasteiger partial charge in [0.25, 0.3) is 0 Å². The van der Waals surface area contributed by atoms with Crippen LogP contribution in [-0.4, -0.2) is 23.7 Å². The molecule has 1 aromatic rings. The van der Waals surface area contributed by atoms with Crippen molar-refractivity contribution in [3.8, 4) is 0 Å². The van der Waals surface area contributed by atoms with Gasteiger partial charge in [-0.2, -0.15) is 0 Å². The minimum absolute atomic E-state index is 0. The molecule has 2 atom stereocenters. The first-order chi connectivity index (χ1) is 7.66. The van der Waals surface area contributed by atoms with E-state index in [-0.39, 0.29) is 24.4 Å². The molecule has 1 aromatic carbocycles. The van der Waals surface area contributed by atoms with Crippen LogP contribution in [0.25, 0.3) is 0 Å². The number of carboxylic acid groups (broad SMARTS) is 1. The predicted octanol–water partition coefficient (Wildman–Crippen LogP) is 2.32. The maximum absolute atomic E-state index is 11.0. The molecule has 1 saturated heterocycles. The van der Waals surface area contributed by atoms with E-state index in [0.717, 1.165) is 19.4 Å². The number of aliphatic carboxylic acids is 1. The third-order valence-electron chi connectivity index (χ3n) is 3.03. The van der Waals surface area contributed by atoms with Crippen molar-refractivity contribution in [3.63, 3.8) is 0 Å². The fourth-order valence-electron chi connectivity index (χ4n) is 2.19. The summed E-state index contributed by atoms with van der Waals surface area (Å²) in [7, 11) is 0. The molecule has 1 heterocycles. The van der Waals surface area contributed by atoms with Gasteiger partial charge in [-0.25, -0.2) is 0 Å². The Kier molecular flexibility index (Phi) is 5.69. The van der Waals surface area contributed by atoms with Crippen LogP contribution >= 0.6 is 35.0 Å². The summed E-state index contributed by atoms with van der Waals surface area (Å²) in [5, 5.41) is 12.1. The summed E-state index contributed by atoms with van der Waals surface area (Å²) in [5.74, 6) is -0.509.